The third kappa shape index (κ3) is 3.50. The highest BCUT2D eigenvalue weighted by Gasteiger charge is 2.40. The molecule has 0 aliphatic carbocycles. The Kier molecular flexibility index (Phi) is 4.88. The molecule has 0 aromatic carbocycles. The van der Waals surface area contributed by atoms with Crippen LogP contribution in [-0.4, -0.2) is 36.2 Å². The maximum atomic E-state index is 12.7. The molecule has 3 rings (SSSR count). The number of amides is 1. The van der Waals surface area contributed by atoms with Gasteiger partial charge in [-0.05, 0) is 47.8 Å². The van der Waals surface area contributed by atoms with Crippen molar-refractivity contribution in [1.82, 2.24) is 9.29 Å². The number of hydrogen-bond acceptors (Lipinski definition) is 6. The maximum Gasteiger partial charge on any atom is 0.253 e. The van der Waals surface area contributed by atoms with Crippen molar-refractivity contribution in [2.45, 2.75) is 30.0 Å². The van der Waals surface area contributed by atoms with Crippen LogP contribution in [0.3, 0.4) is 0 Å². The Balaban J connectivity index is 1.81. The summed E-state index contributed by atoms with van der Waals surface area (Å²) >= 11 is 5.75. The Morgan fingerprint density at radius 1 is 1.48 bits per heavy atom. The Hall–Kier alpha value is -0.810. The summed E-state index contributed by atoms with van der Waals surface area (Å²) in [6.07, 6.45) is 1.18. The van der Waals surface area contributed by atoms with E-state index in [-0.39, 0.29) is 10.1 Å². The summed E-state index contributed by atoms with van der Waals surface area (Å²) in [6, 6.07) is 2.56. The van der Waals surface area contributed by atoms with E-state index in [1.165, 1.54) is 15.6 Å². The van der Waals surface area contributed by atoms with Crippen molar-refractivity contribution in [3.8, 4) is 0 Å². The first-order valence-electron chi connectivity index (χ1n) is 6.88. The molecule has 0 saturated carbocycles. The molecule has 1 aliphatic rings. The minimum Gasteiger partial charge on any atom is -0.301 e. The number of hydrogen-bond donors (Lipinski definition) is 1. The molecule has 10 heteroatoms. The average molecular weight is 436 g/mol. The Labute approximate surface area is 150 Å². The van der Waals surface area contributed by atoms with Crippen molar-refractivity contribution < 1.29 is 13.2 Å². The largest absolute Gasteiger partial charge is 0.301 e. The molecule has 6 nitrogen and oxygen atoms in total. The molecule has 0 bridgehead atoms. The van der Waals surface area contributed by atoms with E-state index < -0.39 is 16.1 Å². The van der Waals surface area contributed by atoms with Gasteiger partial charge in [0.1, 0.15) is 10.3 Å². The SMILES string of the molecule is Cc1csc(NC(=O)C2CCCN2S(=O)(=O)c2ccc(Br)s2)n1. The first-order chi connectivity index (χ1) is 10.9. The second-order valence-corrected chi connectivity index (χ2v) is 10.6. The molecule has 1 aliphatic heterocycles. The molecular formula is C13H14BrN3O3S3. The number of aromatic nitrogens is 1. The van der Waals surface area contributed by atoms with Crippen LogP contribution in [0.25, 0.3) is 0 Å². The number of nitrogens with one attached hydrogen (secondary N) is 1. The van der Waals surface area contributed by atoms with Crippen LogP contribution in [0, 0.1) is 6.92 Å². The van der Waals surface area contributed by atoms with E-state index in [0.29, 0.717) is 24.5 Å². The monoisotopic (exact) mass is 435 g/mol. The summed E-state index contributed by atoms with van der Waals surface area (Å²) < 4.78 is 27.8. The average Bonchev–Trinajstić information content (AvgIpc) is 3.19. The molecule has 2 aromatic rings. The molecule has 1 fully saturated rings. The van der Waals surface area contributed by atoms with Gasteiger partial charge in [-0.2, -0.15) is 4.31 Å². The number of rotatable bonds is 4. The van der Waals surface area contributed by atoms with Gasteiger partial charge in [0.15, 0.2) is 5.13 Å². The summed E-state index contributed by atoms with van der Waals surface area (Å²) in [4.78, 5) is 16.6. The fourth-order valence-electron chi connectivity index (χ4n) is 2.44. The highest BCUT2D eigenvalue weighted by atomic mass is 79.9. The summed E-state index contributed by atoms with van der Waals surface area (Å²) in [7, 11) is -3.66. The summed E-state index contributed by atoms with van der Waals surface area (Å²) in [6.45, 7) is 2.19. The number of thiazole rings is 1. The lowest BCUT2D eigenvalue weighted by atomic mass is 10.2. The summed E-state index contributed by atoms with van der Waals surface area (Å²) in [5.74, 6) is -0.323. The van der Waals surface area contributed by atoms with Gasteiger partial charge in [-0.1, -0.05) is 0 Å². The first kappa shape index (κ1) is 17.0. The van der Waals surface area contributed by atoms with Gasteiger partial charge < -0.3 is 5.32 Å². The molecule has 2 aromatic heterocycles. The van der Waals surface area contributed by atoms with E-state index >= 15 is 0 Å². The number of thiophene rings is 1. The third-order valence-corrected chi connectivity index (χ3v) is 8.34. The number of aryl methyl sites for hydroxylation is 1. The molecule has 1 saturated heterocycles. The smallest absolute Gasteiger partial charge is 0.253 e. The van der Waals surface area contributed by atoms with E-state index in [1.807, 2.05) is 12.3 Å². The molecule has 23 heavy (non-hydrogen) atoms. The van der Waals surface area contributed by atoms with Crippen molar-refractivity contribution in [3.63, 3.8) is 0 Å². The van der Waals surface area contributed by atoms with Crippen LogP contribution in [0.15, 0.2) is 25.5 Å². The zero-order valence-electron chi connectivity index (χ0n) is 12.2. The second kappa shape index (κ2) is 6.60. The lowest BCUT2D eigenvalue weighted by Gasteiger charge is -2.22. The quantitative estimate of drug-likeness (QED) is 0.799. The molecule has 0 spiro atoms. The van der Waals surface area contributed by atoms with Gasteiger partial charge in [-0.3, -0.25) is 4.79 Å². The van der Waals surface area contributed by atoms with Crippen molar-refractivity contribution in [2.75, 3.05) is 11.9 Å². The topological polar surface area (TPSA) is 79.4 Å². The van der Waals surface area contributed by atoms with Crippen LogP contribution in [0.4, 0.5) is 5.13 Å². The molecule has 0 radical (unpaired) electrons. The van der Waals surface area contributed by atoms with Crippen LogP contribution in [0.1, 0.15) is 18.5 Å². The number of anilines is 1. The van der Waals surface area contributed by atoms with Gasteiger partial charge in [0.05, 0.1) is 9.48 Å². The molecule has 1 N–H and O–H groups in total. The summed E-state index contributed by atoms with van der Waals surface area (Å²) in [5, 5.41) is 5.05. The van der Waals surface area contributed by atoms with Crippen LogP contribution in [0.5, 0.6) is 0 Å². The highest BCUT2D eigenvalue weighted by molar-refractivity contribution is 9.11. The standard InChI is InChI=1S/C13H14BrN3O3S3/c1-8-7-21-13(15-8)16-12(18)9-3-2-6-17(9)23(19,20)11-5-4-10(14)22-11/h4-5,7,9H,2-3,6H2,1H3,(H,15,16,18). The minimum atomic E-state index is -3.66. The van der Waals surface area contributed by atoms with Gasteiger partial charge in [-0.25, -0.2) is 13.4 Å². The molecule has 124 valence electrons. The lowest BCUT2D eigenvalue weighted by Crippen LogP contribution is -2.42. The second-order valence-electron chi connectivity index (χ2n) is 5.12. The zero-order chi connectivity index (χ0) is 16.6. The van der Waals surface area contributed by atoms with Crippen molar-refractivity contribution in [2.24, 2.45) is 0 Å². The van der Waals surface area contributed by atoms with Gasteiger partial charge >= 0.3 is 0 Å². The predicted molar refractivity (Wildman–Crippen MR) is 94.4 cm³/mol. The van der Waals surface area contributed by atoms with Gasteiger partial charge in [0.25, 0.3) is 10.0 Å². The predicted octanol–water partition coefficient (Wildman–Crippen LogP) is 3.07. The molecule has 3 heterocycles. The fraction of sp³-hybridized carbons (Fsp3) is 0.385. The Morgan fingerprint density at radius 3 is 2.87 bits per heavy atom. The van der Waals surface area contributed by atoms with E-state index in [2.05, 4.69) is 26.2 Å². The van der Waals surface area contributed by atoms with Crippen molar-refractivity contribution in [1.29, 1.82) is 0 Å². The van der Waals surface area contributed by atoms with Gasteiger partial charge in [0.2, 0.25) is 5.91 Å². The van der Waals surface area contributed by atoms with E-state index in [4.69, 9.17) is 0 Å². The minimum absolute atomic E-state index is 0.245. The number of sulfonamides is 1. The fourth-order valence-corrected chi connectivity index (χ4v) is 6.93. The van der Waals surface area contributed by atoms with E-state index in [0.717, 1.165) is 20.8 Å². The number of carbonyl (C=O) groups excluding carboxylic acids is 1. The number of carbonyl (C=O) groups is 1. The van der Waals surface area contributed by atoms with Crippen LogP contribution >= 0.6 is 38.6 Å². The lowest BCUT2D eigenvalue weighted by molar-refractivity contribution is -0.119. The maximum absolute atomic E-state index is 12.7. The van der Waals surface area contributed by atoms with Crippen molar-refractivity contribution in [3.05, 3.63) is 27.0 Å². The van der Waals surface area contributed by atoms with Crippen LogP contribution in [0.2, 0.25) is 0 Å². The molecule has 1 atom stereocenters. The highest BCUT2D eigenvalue weighted by Crippen LogP contribution is 2.32. The van der Waals surface area contributed by atoms with Gasteiger partial charge in [-0.15, -0.1) is 22.7 Å². The van der Waals surface area contributed by atoms with Crippen LogP contribution < -0.4 is 5.32 Å². The number of halogens is 1. The third-order valence-electron chi connectivity index (χ3n) is 3.47. The summed E-state index contributed by atoms with van der Waals surface area (Å²) in [5.41, 5.74) is 0.824. The number of nitrogens with zero attached hydrogens (tertiary/aromatic N) is 2. The molecule has 1 unspecified atom stereocenters. The van der Waals surface area contributed by atoms with E-state index in [9.17, 15) is 13.2 Å². The van der Waals surface area contributed by atoms with Gasteiger partial charge in [0, 0.05) is 11.9 Å². The van der Waals surface area contributed by atoms with E-state index in [1.54, 1.807) is 12.1 Å². The van der Waals surface area contributed by atoms with Crippen LogP contribution in [-0.2, 0) is 14.8 Å². The molecular weight excluding hydrogens is 422 g/mol. The normalized spacial score (nSPS) is 19.1. The first-order valence-corrected chi connectivity index (χ1v) is 10.8. The zero-order valence-corrected chi connectivity index (χ0v) is 16.2. The Bertz CT molecular complexity index is 830. The molecule has 1 amide bonds. The Morgan fingerprint density at radius 2 is 2.26 bits per heavy atom. The van der Waals surface area contributed by atoms with Crippen molar-refractivity contribution >= 4 is 59.7 Å².